The zero-order valence-electron chi connectivity index (χ0n) is 18.9. The maximum Gasteiger partial charge on any atom is 0.307 e. The van der Waals surface area contributed by atoms with Crippen molar-refractivity contribution in [2.75, 3.05) is 19.0 Å². The first-order chi connectivity index (χ1) is 16.4. The smallest absolute Gasteiger partial charge is 0.307 e. The van der Waals surface area contributed by atoms with Gasteiger partial charge in [-0.3, -0.25) is 14.5 Å². The summed E-state index contributed by atoms with van der Waals surface area (Å²) in [6, 6.07) is 13.6. The van der Waals surface area contributed by atoms with E-state index in [9.17, 15) is 9.59 Å². The van der Waals surface area contributed by atoms with Gasteiger partial charge in [0.2, 0.25) is 5.91 Å². The molecule has 1 aliphatic carbocycles. The minimum Gasteiger partial charge on any atom is -0.469 e. The second-order valence-corrected chi connectivity index (χ2v) is 10.9. The van der Waals surface area contributed by atoms with Gasteiger partial charge >= 0.3 is 5.97 Å². The summed E-state index contributed by atoms with van der Waals surface area (Å²) < 4.78 is 4.94. The van der Waals surface area contributed by atoms with Crippen LogP contribution < -0.4 is 10.6 Å². The molecule has 0 bridgehead atoms. The molecule has 8 heteroatoms. The van der Waals surface area contributed by atoms with Gasteiger partial charge in [0.25, 0.3) is 0 Å². The number of hydrogen-bond acceptors (Lipinski definition) is 5. The summed E-state index contributed by atoms with van der Waals surface area (Å²) in [5, 5.41) is 8.12. The molecule has 1 amide bonds. The van der Waals surface area contributed by atoms with E-state index in [0.29, 0.717) is 22.4 Å². The molecule has 34 heavy (non-hydrogen) atoms. The van der Waals surface area contributed by atoms with Crippen molar-refractivity contribution in [3.05, 3.63) is 63.6 Å². The lowest BCUT2D eigenvalue weighted by molar-refractivity contribution is -0.141. The van der Waals surface area contributed by atoms with Crippen LogP contribution in [0.4, 0.5) is 5.69 Å². The maximum atomic E-state index is 14.1. The van der Waals surface area contributed by atoms with Crippen LogP contribution >= 0.6 is 23.2 Å². The van der Waals surface area contributed by atoms with Gasteiger partial charge in [0.1, 0.15) is 5.54 Å². The van der Waals surface area contributed by atoms with E-state index in [1.54, 1.807) is 0 Å². The molecule has 0 aromatic heterocycles. The van der Waals surface area contributed by atoms with Crippen LogP contribution in [0, 0.1) is 5.92 Å². The van der Waals surface area contributed by atoms with Gasteiger partial charge in [-0.15, -0.1) is 0 Å². The van der Waals surface area contributed by atoms with E-state index >= 15 is 0 Å². The Morgan fingerprint density at radius 1 is 1.18 bits per heavy atom. The highest BCUT2D eigenvalue weighted by atomic mass is 35.5. The summed E-state index contributed by atoms with van der Waals surface area (Å²) >= 11 is 12.8. The third kappa shape index (κ3) is 3.38. The summed E-state index contributed by atoms with van der Waals surface area (Å²) in [5.74, 6) is 0.161. The fourth-order valence-corrected chi connectivity index (χ4v) is 6.92. The molecule has 5 unspecified atom stereocenters. The quantitative estimate of drug-likeness (QED) is 0.599. The first-order valence-corrected chi connectivity index (χ1v) is 12.6. The number of anilines is 1. The van der Waals surface area contributed by atoms with Crippen LogP contribution in [0.25, 0.3) is 0 Å². The molecule has 0 radical (unpaired) electrons. The van der Waals surface area contributed by atoms with Crippen LogP contribution in [-0.4, -0.2) is 48.6 Å². The maximum absolute atomic E-state index is 14.1. The number of carbonyl (C=O) groups is 2. The van der Waals surface area contributed by atoms with Gasteiger partial charge in [0.05, 0.1) is 13.5 Å². The lowest BCUT2D eigenvalue weighted by atomic mass is 9.74. The van der Waals surface area contributed by atoms with Crippen LogP contribution in [0.5, 0.6) is 0 Å². The zero-order valence-corrected chi connectivity index (χ0v) is 20.4. The monoisotopic (exact) mass is 499 g/mol. The van der Waals surface area contributed by atoms with E-state index in [0.717, 1.165) is 29.8 Å². The summed E-state index contributed by atoms with van der Waals surface area (Å²) in [7, 11) is 1.42. The van der Waals surface area contributed by atoms with Crippen molar-refractivity contribution in [1.82, 2.24) is 10.2 Å². The standard InChI is InChI=1S/C26H27Cl2N3O3/c1-34-22(32)12-18-11-21-24(29-18)23(15-3-2-4-16(27)9-15)26(31(21)13-14-5-6-14)19-8-7-17(28)10-20(19)30-25(26)33/h2-4,7-10,14,18,21,23-24,29H,5-6,11-13H2,1H3,(H,30,33). The second-order valence-electron chi connectivity index (χ2n) is 10.0. The van der Waals surface area contributed by atoms with Gasteiger partial charge in [0.15, 0.2) is 0 Å². The Hall–Kier alpha value is -2.12. The molecule has 5 atom stereocenters. The predicted octanol–water partition coefficient (Wildman–Crippen LogP) is 4.31. The number of hydrogen-bond donors (Lipinski definition) is 2. The Bertz CT molecular complexity index is 1170. The first-order valence-electron chi connectivity index (χ1n) is 11.9. The van der Waals surface area contributed by atoms with Crippen molar-refractivity contribution in [2.45, 2.75) is 55.3 Å². The van der Waals surface area contributed by atoms with Gasteiger partial charge < -0.3 is 15.4 Å². The van der Waals surface area contributed by atoms with E-state index in [2.05, 4.69) is 21.6 Å². The van der Waals surface area contributed by atoms with Crippen LogP contribution in [0.15, 0.2) is 42.5 Å². The predicted molar refractivity (Wildman–Crippen MR) is 131 cm³/mol. The summed E-state index contributed by atoms with van der Waals surface area (Å²) in [6.45, 7) is 0.848. The number of nitrogens with zero attached hydrogens (tertiary/aromatic N) is 1. The molecule has 2 saturated heterocycles. The molecule has 6 nitrogen and oxygen atoms in total. The number of ether oxygens (including phenoxy) is 1. The summed E-state index contributed by atoms with van der Waals surface area (Å²) in [6.07, 6.45) is 3.45. The number of rotatable bonds is 5. The number of methoxy groups -OCH3 is 1. The average Bonchev–Trinajstić information content (AvgIpc) is 3.39. The normalized spacial score (nSPS) is 32.0. The average molecular weight is 500 g/mol. The molecule has 1 spiro atoms. The SMILES string of the molecule is COC(=O)CC1CC2C(N1)C(c1cccc(Cl)c1)C1(C(=O)Nc3cc(Cl)ccc31)N2CC1CC1. The number of esters is 1. The van der Waals surface area contributed by atoms with Crippen LogP contribution in [0.2, 0.25) is 10.0 Å². The molecular weight excluding hydrogens is 473 g/mol. The van der Waals surface area contributed by atoms with Gasteiger partial charge in [-0.1, -0.05) is 41.4 Å². The van der Waals surface area contributed by atoms with Crippen molar-refractivity contribution in [3.8, 4) is 0 Å². The zero-order chi connectivity index (χ0) is 23.6. The number of fused-ring (bicyclic) bond motifs is 3. The molecule has 178 valence electrons. The van der Waals surface area contributed by atoms with E-state index in [1.807, 2.05) is 36.4 Å². The summed E-state index contributed by atoms with van der Waals surface area (Å²) in [5.41, 5.74) is 1.89. The molecule has 2 aromatic carbocycles. The van der Waals surface area contributed by atoms with Crippen molar-refractivity contribution in [2.24, 2.45) is 5.92 Å². The molecular formula is C26H27Cl2N3O3. The Morgan fingerprint density at radius 3 is 2.71 bits per heavy atom. The Kier molecular flexibility index (Phi) is 5.41. The minimum atomic E-state index is -0.869. The first kappa shape index (κ1) is 22.4. The van der Waals surface area contributed by atoms with Crippen LogP contribution in [0.1, 0.15) is 42.7 Å². The molecule has 1 saturated carbocycles. The molecule has 6 rings (SSSR count). The highest BCUT2D eigenvalue weighted by molar-refractivity contribution is 6.31. The van der Waals surface area contributed by atoms with Gasteiger partial charge in [0, 0.05) is 51.9 Å². The number of likely N-dealkylation sites (tertiary alicyclic amines) is 1. The van der Waals surface area contributed by atoms with Gasteiger partial charge in [-0.25, -0.2) is 0 Å². The van der Waals surface area contributed by atoms with Crippen molar-refractivity contribution >= 4 is 40.8 Å². The fraction of sp³-hybridized carbons (Fsp3) is 0.462. The second kappa shape index (κ2) is 8.23. The highest BCUT2D eigenvalue weighted by Crippen LogP contribution is 2.60. The molecule has 3 aliphatic heterocycles. The van der Waals surface area contributed by atoms with E-state index in [-0.39, 0.29) is 35.9 Å². The van der Waals surface area contributed by atoms with Gasteiger partial charge in [-0.2, -0.15) is 0 Å². The van der Waals surface area contributed by atoms with Crippen LogP contribution in [0.3, 0.4) is 0 Å². The highest BCUT2D eigenvalue weighted by Gasteiger charge is 2.68. The number of halogens is 2. The third-order valence-electron chi connectivity index (χ3n) is 8.02. The molecule has 3 heterocycles. The Morgan fingerprint density at radius 2 is 1.97 bits per heavy atom. The summed E-state index contributed by atoms with van der Waals surface area (Å²) in [4.78, 5) is 28.6. The fourth-order valence-electron chi connectivity index (χ4n) is 6.55. The van der Waals surface area contributed by atoms with Crippen LogP contribution in [-0.2, 0) is 19.9 Å². The Labute approximate surface area is 208 Å². The Balaban J connectivity index is 1.52. The van der Waals surface area contributed by atoms with E-state index in [4.69, 9.17) is 27.9 Å². The number of amides is 1. The van der Waals surface area contributed by atoms with Crippen molar-refractivity contribution in [1.29, 1.82) is 0 Å². The van der Waals surface area contributed by atoms with Gasteiger partial charge in [-0.05, 0) is 55.0 Å². The largest absolute Gasteiger partial charge is 0.469 e. The molecule has 2 aromatic rings. The van der Waals surface area contributed by atoms with Crippen molar-refractivity contribution < 1.29 is 14.3 Å². The molecule has 4 aliphatic rings. The lowest BCUT2D eigenvalue weighted by Crippen LogP contribution is -2.53. The molecule has 2 N–H and O–H groups in total. The lowest BCUT2D eigenvalue weighted by Gasteiger charge is -2.40. The minimum absolute atomic E-state index is 0.00246. The van der Waals surface area contributed by atoms with Crippen molar-refractivity contribution in [3.63, 3.8) is 0 Å². The van der Waals surface area contributed by atoms with E-state index < -0.39 is 5.54 Å². The topological polar surface area (TPSA) is 70.7 Å². The number of carbonyl (C=O) groups excluding carboxylic acids is 2. The molecule has 3 fully saturated rings. The van der Waals surface area contributed by atoms with E-state index in [1.165, 1.54) is 20.0 Å². The number of benzene rings is 2. The third-order valence-corrected chi connectivity index (χ3v) is 8.49. The number of nitrogens with one attached hydrogen (secondary N) is 2.